The molecule has 1 aromatic carbocycles. The van der Waals surface area contributed by atoms with Gasteiger partial charge in [0.1, 0.15) is 0 Å². The molecule has 1 unspecified atom stereocenters. The Morgan fingerprint density at radius 1 is 1.29 bits per heavy atom. The summed E-state index contributed by atoms with van der Waals surface area (Å²) in [5, 5.41) is 24.1. The van der Waals surface area contributed by atoms with Gasteiger partial charge in [0.15, 0.2) is 0 Å². The number of fused-ring (bicyclic) bond motifs is 1. The molecule has 2 atom stereocenters. The Hall–Kier alpha value is -3.63. The van der Waals surface area contributed by atoms with Crippen LogP contribution in [0.15, 0.2) is 42.9 Å². The molecule has 0 saturated heterocycles. The van der Waals surface area contributed by atoms with E-state index in [0.717, 1.165) is 22.6 Å². The average molecular weight is 476 g/mol. The number of aromatic nitrogens is 5. The predicted octanol–water partition coefficient (Wildman–Crippen LogP) is 1.58. The van der Waals surface area contributed by atoms with E-state index in [0.29, 0.717) is 15.9 Å². The zero-order chi connectivity index (χ0) is 22.1. The Morgan fingerprint density at radius 3 is 2.84 bits per heavy atom. The summed E-state index contributed by atoms with van der Waals surface area (Å²) in [6.45, 7) is 4.05. The van der Waals surface area contributed by atoms with E-state index in [-0.39, 0.29) is 16.3 Å². The van der Waals surface area contributed by atoms with Gasteiger partial charge in [-0.05, 0) is 0 Å². The summed E-state index contributed by atoms with van der Waals surface area (Å²) in [7, 11) is 1.91. The third-order valence-corrected chi connectivity index (χ3v) is 7.79. The standard InChI is InChI=1S/C21H21AsN8O/c1-12-7-8-30-17(12)21(29(3)14-5-4-6-15(31)9-14)27-20(28-30)13(2)22-18-16(10-23)19(24)26-11-25-18/h4-9,11,13,22,31H,1-3H3,(H2,24,25,26)/t13-/m0/s1. The summed E-state index contributed by atoms with van der Waals surface area (Å²) >= 11 is -0.916. The number of nitriles is 1. The van der Waals surface area contributed by atoms with Crippen molar-refractivity contribution in [1.82, 2.24) is 24.6 Å². The fourth-order valence-corrected chi connectivity index (χ4v) is 5.66. The van der Waals surface area contributed by atoms with Crippen LogP contribution in [0.1, 0.15) is 28.6 Å². The van der Waals surface area contributed by atoms with Crippen LogP contribution in [0, 0.1) is 18.3 Å². The minimum atomic E-state index is -0.916. The first-order chi connectivity index (χ1) is 14.9. The first kappa shape index (κ1) is 20.6. The molecule has 0 amide bonds. The van der Waals surface area contributed by atoms with Crippen LogP contribution >= 0.6 is 0 Å². The molecule has 4 aromatic rings. The van der Waals surface area contributed by atoms with Crippen molar-refractivity contribution in [1.29, 1.82) is 5.26 Å². The average Bonchev–Trinajstić information content (AvgIpc) is 3.13. The van der Waals surface area contributed by atoms with Gasteiger partial charge in [0.05, 0.1) is 0 Å². The Morgan fingerprint density at radius 2 is 2.10 bits per heavy atom. The Kier molecular flexibility index (Phi) is 5.49. The number of phenolic OH excluding ortho intramolecular Hbond substituents is 1. The van der Waals surface area contributed by atoms with Gasteiger partial charge in [-0.2, -0.15) is 0 Å². The second kappa shape index (κ2) is 8.24. The molecule has 3 N–H and O–H groups in total. The van der Waals surface area contributed by atoms with Crippen LogP contribution < -0.4 is 15.1 Å². The molecule has 0 aliphatic carbocycles. The number of nitrogens with zero attached hydrogens (tertiary/aromatic N) is 7. The third kappa shape index (κ3) is 3.90. The molecule has 0 spiro atoms. The van der Waals surface area contributed by atoms with Crippen molar-refractivity contribution in [3.8, 4) is 11.8 Å². The topological polar surface area (TPSA) is 129 Å². The minimum absolute atomic E-state index is 0.00941. The van der Waals surface area contributed by atoms with E-state index >= 15 is 0 Å². The number of nitrogen functional groups attached to an aromatic ring is 1. The van der Waals surface area contributed by atoms with E-state index in [9.17, 15) is 10.4 Å². The number of nitrogens with two attached hydrogens (primary N) is 1. The second-order valence-electron chi connectivity index (χ2n) is 7.12. The fourth-order valence-electron chi connectivity index (χ4n) is 3.30. The van der Waals surface area contributed by atoms with Crippen LogP contribution in [0.2, 0.25) is 0 Å². The van der Waals surface area contributed by atoms with Gasteiger partial charge in [0.2, 0.25) is 0 Å². The predicted molar refractivity (Wildman–Crippen MR) is 120 cm³/mol. The van der Waals surface area contributed by atoms with Crippen LogP contribution in [0.25, 0.3) is 5.52 Å². The van der Waals surface area contributed by atoms with Gasteiger partial charge in [-0.3, -0.25) is 0 Å². The molecular weight excluding hydrogens is 455 g/mol. The molecular formula is C21H21AsN8O. The van der Waals surface area contributed by atoms with Crippen molar-refractivity contribution in [2.24, 2.45) is 0 Å². The maximum absolute atomic E-state index is 9.91. The number of aryl methyl sites for hydroxylation is 1. The number of anilines is 3. The van der Waals surface area contributed by atoms with Crippen molar-refractivity contribution in [2.45, 2.75) is 18.6 Å². The van der Waals surface area contributed by atoms with Crippen LogP contribution in [-0.2, 0) is 0 Å². The zero-order valence-corrected chi connectivity index (χ0v) is 19.4. The molecule has 9 nitrogen and oxygen atoms in total. The van der Waals surface area contributed by atoms with Crippen LogP contribution in [0.5, 0.6) is 5.75 Å². The van der Waals surface area contributed by atoms with Crippen LogP contribution in [0.3, 0.4) is 0 Å². The molecule has 0 fully saturated rings. The number of hydrogen-bond acceptors (Lipinski definition) is 8. The summed E-state index contributed by atoms with van der Waals surface area (Å²) in [4.78, 5) is 15.0. The van der Waals surface area contributed by atoms with Gasteiger partial charge in [0, 0.05) is 0 Å². The molecule has 0 aliphatic rings. The number of hydrogen-bond donors (Lipinski definition) is 2. The van der Waals surface area contributed by atoms with Gasteiger partial charge in [-0.15, -0.1) is 0 Å². The number of aromatic hydroxyl groups is 1. The normalized spacial score (nSPS) is 12.3. The van der Waals surface area contributed by atoms with Gasteiger partial charge in [-0.25, -0.2) is 0 Å². The molecule has 156 valence electrons. The Balaban J connectivity index is 1.78. The molecule has 0 aliphatic heterocycles. The van der Waals surface area contributed by atoms with Gasteiger partial charge < -0.3 is 0 Å². The van der Waals surface area contributed by atoms with E-state index in [1.54, 1.807) is 18.2 Å². The maximum atomic E-state index is 9.91. The van der Waals surface area contributed by atoms with E-state index in [1.807, 2.05) is 48.6 Å². The molecule has 0 bridgehead atoms. The summed E-state index contributed by atoms with van der Waals surface area (Å²) in [6, 6.07) is 11.1. The fraction of sp³-hybridized carbons (Fsp3) is 0.190. The van der Waals surface area contributed by atoms with E-state index in [4.69, 9.17) is 15.8 Å². The number of benzene rings is 1. The van der Waals surface area contributed by atoms with E-state index in [2.05, 4.69) is 16.0 Å². The van der Waals surface area contributed by atoms with E-state index in [1.165, 1.54) is 6.33 Å². The summed E-state index contributed by atoms with van der Waals surface area (Å²) in [5.41, 5.74) is 8.94. The molecule has 31 heavy (non-hydrogen) atoms. The second-order valence-corrected chi connectivity index (χ2v) is 10.5. The van der Waals surface area contributed by atoms with Crippen LogP contribution in [0.4, 0.5) is 17.3 Å². The van der Waals surface area contributed by atoms with E-state index < -0.39 is 15.8 Å². The molecule has 10 heteroatoms. The van der Waals surface area contributed by atoms with Crippen molar-refractivity contribution in [3.05, 3.63) is 59.8 Å². The molecule has 3 heterocycles. The number of phenols is 1. The van der Waals surface area contributed by atoms with Crippen molar-refractivity contribution < 1.29 is 5.11 Å². The Bertz CT molecular complexity index is 1310. The van der Waals surface area contributed by atoms with Crippen molar-refractivity contribution in [3.63, 3.8) is 0 Å². The molecule has 4 rings (SSSR count). The molecule has 0 radical (unpaired) electrons. The van der Waals surface area contributed by atoms with Gasteiger partial charge in [-0.1, -0.05) is 0 Å². The van der Waals surface area contributed by atoms with Gasteiger partial charge >= 0.3 is 186 Å². The third-order valence-electron chi connectivity index (χ3n) is 4.97. The van der Waals surface area contributed by atoms with Gasteiger partial charge in [0.25, 0.3) is 0 Å². The zero-order valence-electron chi connectivity index (χ0n) is 17.3. The summed E-state index contributed by atoms with van der Waals surface area (Å²) < 4.78 is 2.51. The van der Waals surface area contributed by atoms with Crippen LogP contribution in [-0.4, -0.2) is 52.5 Å². The molecule has 3 aromatic heterocycles. The quantitative estimate of drug-likeness (QED) is 0.416. The SMILES string of the molecule is Cc1ccn2nc([C@H](C)[AsH]c3ncnc(N)c3C#N)nc(N(C)c3cccc(O)c3)c12. The first-order valence-corrected chi connectivity index (χ1v) is 11.8. The summed E-state index contributed by atoms with van der Waals surface area (Å²) in [6.07, 6.45) is 3.30. The van der Waals surface area contributed by atoms with Crippen molar-refractivity contribution >= 4 is 43.1 Å². The van der Waals surface area contributed by atoms with Crippen molar-refractivity contribution in [2.75, 3.05) is 17.7 Å². The molecule has 0 saturated carbocycles. The Labute approximate surface area is 185 Å². The first-order valence-electron chi connectivity index (χ1n) is 9.54. The number of rotatable bonds is 5. The summed E-state index contributed by atoms with van der Waals surface area (Å²) in [5.74, 6) is 1.78. The monoisotopic (exact) mass is 476 g/mol.